The van der Waals surface area contributed by atoms with Gasteiger partial charge in [-0.2, -0.15) is 0 Å². The van der Waals surface area contributed by atoms with Crippen LogP contribution in [0.1, 0.15) is 12.8 Å². The zero-order chi connectivity index (χ0) is 13.1. The number of rotatable bonds is 5. The third-order valence-electron chi connectivity index (χ3n) is 3.63. The van der Waals surface area contributed by atoms with Gasteiger partial charge >= 0.3 is 0 Å². The van der Waals surface area contributed by atoms with E-state index in [1.165, 1.54) is 22.9 Å². The highest BCUT2D eigenvalue weighted by molar-refractivity contribution is 7.17. The molecule has 0 amide bonds. The first-order valence-electron chi connectivity index (χ1n) is 6.80. The van der Waals surface area contributed by atoms with Crippen LogP contribution in [0.4, 0.5) is 5.82 Å². The van der Waals surface area contributed by atoms with E-state index in [1.807, 2.05) is 6.20 Å². The van der Waals surface area contributed by atoms with E-state index in [1.54, 1.807) is 11.3 Å². The average molecular weight is 277 g/mol. The number of anilines is 1. The molecule has 4 nitrogen and oxygen atoms in total. The van der Waals surface area contributed by atoms with Gasteiger partial charge in [0.2, 0.25) is 0 Å². The van der Waals surface area contributed by atoms with Crippen LogP contribution in [-0.2, 0) is 0 Å². The maximum atomic E-state index is 9.31. The molecule has 1 saturated heterocycles. The van der Waals surface area contributed by atoms with Crippen molar-refractivity contribution in [3.63, 3.8) is 0 Å². The fourth-order valence-corrected chi connectivity index (χ4v) is 3.49. The summed E-state index contributed by atoms with van der Waals surface area (Å²) in [5, 5.41) is 16.1. The van der Waals surface area contributed by atoms with Crippen molar-refractivity contribution in [1.82, 2.24) is 10.3 Å². The number of nitrogens with zero attached hydrogens (tertiary/aromatic N) is 2. The van der Waals surface area contributed by atoms with Gasteiger partial charge < -0.3 is 15.3 Å². The van der Waals surface area contributed by atoms with Crippen molar-refractivity contribution < 1.29 is 5.11 Å². The number of aliphatic hydroxyl groups excluding tert-OH is 1. The lowest BCUT2D eigenvalue weighted by Gasteiger charge is -2.26. The van der Waals surface area contributed by atoms with Gasteiger partial charge in [0.25, 0.3) is 0 Å². The van der Waals surface area contributed by atoms with E-state index in [0.29, 0.717) is 12.6 Å². The van der Waals surface area contributed by atoms with E-state index in [0.717, 1.165) is 18.9 Å². The minimum absolute atomic E-state index is 0.162. The molecule has 102 valence electrons. The Morgan fingerprint density at radius 2 is 2.42 bits per heavy atom. The molecule has 2 aromatic heterocycles. The summed E-state index contributed by atoms with van der Waals surface area (Å²) in [7, 11) is 0. The monoisotopic (exact) mass is 277 g/mol. The molecule has 0 spiro atoms. The molecule has 2 N–H and O–H groups in total. The summed E-state index contributed by atoms with van der Waals surface area (Å²) in [6.07, 6.45) is 4.32. The van der Waals surface area contributed by atoms with E-state index in [9.17, 15) is 5.11 Å². The molecule has 1 unspecified atom stereocenters. The zero-order valence-corrected chi connectivity index (χ0v) is 11.7. The van der Waals surface area contributed by atoms with Crippen LogP contribution in [0.2, 0.25) is 0 Å². The van der Waals surface area contributed by atoms with Crippen LogP contribution in [0.5, 0.6) is 0 Å². The Morgan fingerprint density at radius 1 is 1.47 bits per heavy atom. The number of hydrogen-bond acceptors (Lipinski definition) is 5. The molecule has 1 fully saturated rings. The van der Waals surface area contributed by atoms with Gasteiger partial charge in [-0.3, -0.25) is 0 Å². The molecule has 5 heteroatoms. The second kappa shape index (κ2) is 5.86. The third kappa shape index (κ3) is 2.73. The molecule has 3 heterocycles. The van der Waals surface area contributed by atoms with Crippen molar-refractivity contribution in [1.29, 1.82) is 0 Å². The molecule has 0 saturated carbocycles. The largest absolute Gasteiger partial charge is 0.395 e. The summed E-state index contributed by atoms with van der Waals surface area (Å²) in [4.78, 5) is 6.74. The molecular weight excluding hydrogens is 258 g/mol. The molecular formula is C14H19N3OS. The molecule has 0 radical (unpaired) electrons. The van der Waals surface area contributed by atoms with Gasteiger partial charge in [-0.1, -0.05) is 0 Å². The van der Waals surface area contributed by atoms with Crippen molar-refractivity contribution in [2.24, 2.45) is 0 Å². The van der Waals surface area contributed by atoms with Gasteiger partial charge in [-0.25, -0.2) is 4.98 Å². The molecule has 0 aliphatic carbocycles. The number of thiophene rings is 1. The Morgan fingerprint density at radius 3 is 3.21 bits per heavy atom. The summed E-state index contributed by atoms with van der Waals surface area (Å²) in [5.41, 5.74) is 0. The normalized spacial score (nSPS) is 19.1. The summed E-state index contributed by atoms with van der Waals surface area (Å²) in [6.45, 7) is 2.82. The van der Waals surface area contributed by atoms with Gasteiger partial charge in [-0.05, 0) is 36.9 Å². The molecule has 2 aromatic rings. The van der Waals surface area contributed by atoms with Crippen molar-refractivity contribution in [2.75, 3.05) is 31.1 Å². The molecule has 1 aliphatic heterocycles. The lowest BCUT2D eigenvalue weighted by molar-refractivity contribution is 0.300. The van der Waals surface area contributed by atoms with Gasteiger partial charge in [0.05, 0.1) is 6.61 Å². The van der Waals surface area contributed by atoms with Crippen molar-refractivity contribution in [3.8, 4) is 0 Å². The van der Waals surface area contributed by atoms with Gasteiger partial charge in [0.15, 0.2) is 0 Å². The zero-order valence-electron chi connectivity index (χ0n) is 10.9. The maximum absolute atomic E-state index is 9.31. The van der Waals surface area contributed by atoms with Crippen LogP contribution in [0.25, 0.3) is 10.1 Å². The van der Waals surface area contributed by atoms with Crippen molar-refractivity contribution in [3.05, 3.63) is 23.7 Å². The first-order chi connectivity index (χ1) is 9.38. The average Bonchev–Trinajstić information content (AvgIpc) is 3.08. The Kier molecular flexibility index (Phi) is 3.96. The molecule has 1 aliphatic rings. The summed E-state index contributed by atoms with van der Waals surface area (Å²) in [5.74, 6) is 1.00. The van der Waals surface area contributed by atoms with Crippen molar-refractivity contribution >= 4 is 27.2 Å². The number of aliphatic hydroxyl groups is 1. The maximum Gasteiger partial charge on any atom is 0.137 e. The van der Waals surface area contributed by atoms with Gasteiger partial charge in [0, 0.05) is 35.4 Å². The number of pyridine rings is 1. The number of aromatic nitrogens is 1. The number of hydrogen-bond donors (Lipinski definition) is 2. The second-order valence-corrected chi connectivity index (χ2v) is 5.88. The first kappa shape index (κ1) is 12.8. The van der Waals surface area contributed by atoms with Gasteiger partial charge in [-0.15, -0.1) is 11.3 Å². The van der Waals surface area contributed by atoms with Crippen LogP contribution >= 0.6 is 11.3 Å². The Balaban J connectivity index is 1.87. The fourth-order valence-electron chi connectivity index (χ4n) is 2.71. The van der Waals surface area contributed by atoms with Crippen LogP contribution in [0.3, 0.4) is 0 Å². The summed E-state index contributed by atoms with van der Waals surface area (Å²) >= 11 is 1.73. The predicted octanol–water partition coefficient (Wildman–Crippen LogP) is 1.85. The lowest BCUT2D eigenvalue weighted by atomic mass is 10.2. The highest BCUT2D eigenvalue weighted by Crippen LogP contribution is 2.28. The predicted molar refractivity (Wildman–Crippen MR) is 79.9 cm³/mol. The SMILES string of the molecule is OCCN(CC1CCCN1)c1nccc2sccc12. The van der Waals surface area contributed by atoms with Crippen molar-refractivity contribution in [2.45, 2.75) is 18.9 Å². The first-order valence-corrected chi connectivity index (χ1v) is 7.68. The highest BCUT2D eigenvalue weighted by Gasteiger charge is 2.20. The highest BCUT2D eigenvalue weighted by atomic mass is 32.1. The van der Waals surface area contributed by atoms with E-state index >= 15 is 0 Å². The third-order valence-corrected chi connectivity index (χ3v) is 4.51. The van der Waals surface area contributed by atoms with Gasteiger partial charge in [0.1, 0.15) is 5.82 Å². The summed E-state index contributed by atoms with van der Waals surface area (Å²) in [6, 6.07) is 4.69. The number of fused-ring (bicyclic) bond motifs is 1. The Bertz CT molecular complexity index is 536. The minimum Gasteiger partial charge on any atom is -0.395 e. The molecule has 0 bridgehead atoms. The quantitative estimate of drug-likeness (QED) is 0.875. The minimum atomic E-state index is 0.162. The Labute approximate surface area is 117 Å². The van der Waals surface area contributed by atoms with Crippen LogP contribution < -0.4 is 10.2 Å². The van der Waals surface area contributed by atoms with Crippen LogP contribution in [0.15, 0.2) is 23.7 Å². The van der Waals surface area contributed by atoms with E-state index in [2.05, 4.69) is 32.7 Å². The standard InChI is InChI=1S/C14H19N3OS/c18-8-7-17(10-11-2-1-5-15-11)14-12-4-9-19-13(12)3-6-16-14/h3-4,6,9,11,15,18H,1-2,5,7-8,10H2. The lowest BCUT2D eigenvalue weighted by Crippen LogP contribution is -2.39. The van der Waals surface area contributed by atoms with E-state index in [-0.39, 0.29) is 6.61 Å². The number of nitrogens with one attached hydrogen (secondary N) is 1. The Hall–Kier alpha value is -1.17. The van der Waals surface area contributed by atoms with Crippen LogP contribution in [-0.4, -0.2) is 42.4 Å². The molecule has 3 rings (SSSR count). The van der Waals surface area contributed by atoms with E-state index < -0.39 is 0 Å². The fraction of sp³-hybridized carbons (Fsp3) is 0.500. The smallest absolute Gasteiger partial charge is 0.137 e. The molecule has 19 heavy (non-hydrogen) atoms. The van der Waals surface area contributed by atoms with Crippen LogP contribution in [0, 0.1) is 0 Å². The summed E-state index contributed by atoms with van der Waals surface area (Å²) < 4.78 is 1.26. The molecule has 0 aromatic carbocycles. The van der Waals surface area contributed by atoms with E-state index in [4.69, 9.17) is 0 Å². The second-order valence-electron chi connectivity index (χ2n) is 4.93. The topological polar surface area (TPSA) is 48.4 Å². The molecule has 1 atom stereocenters.